The second-order valence-corrected chi connectivity index (χ2v) is 5.41. The van der Waals surface area contributed by atoms with Crippen molar-refractivity contribution in [3.63, 3.8) is 0 Å². The van der Waals surface area contributed by atoms with E-state index in [-0.39, 0.29) is 11.4 Å². The molecular weight excluding hydrogens is 324 g/mol. The van der Waals surface area contributed by atoms with Crippen molar-refractivity contribution in [2.75, 3.05) is 11.9 Å². The van der Waals surface area contributed by atoms with E-state index in [2.05, 4.69) is 32.2 Å². The normalized spacial score (nSPS) is 10.8. The fourth-order valence-corrected chi connectivity index (χ4v) is 2.31. The van der Waals surface area contributed by atoms with Gasteiger partial charge in [0.1, 0.15) is 5.75 Å². The molecule has 0 aliphatic carbocycles. The van der Waals surface area contributed by atoms with E-state index < -0.39 is 11.8 Å². The fraction of sp³-hybridized carbons (Fsp3) is 0.250. The summed E-state index contributed by atoms with van der Waals surface area (Å²) in [6.45, 7) is 2.58. The number of nitrogens with two attached hydrogens (primary N) is 1. The molecule has 3 aromatic rings. The van der Waals surface area contributed by atoms with Crippen molar-refractivity contribution >= 4 is 28.8 Å². The van der Waals surface area contributed by atoms with Crippen LogP contribution in [0.4, 0.5) is 5.95 Å². The first-order valence-electron chi connectivity index (χ1n) is 7.85. The van der Waals surface area contributed by atoms with Crippen LogP contribution in [0, 0.1) is 0 Å². The third kappa shape index (κ3) is 3.60. The number of amides is 2. The Kier molecular flexibility index (Phi) is 4.64. The van der Waals surface area contributed by atoms with Crippen LogP contribution in [0.15, 0.2) is 24.5 Å². The number of ether oxygens (including phenoxy) is 1. The molecule has 0 unspecified atom stereocenters. The highest BCUT2D eigenvalue weighted by Crippen LogP contribution is 2.25. The van der Waals surface area contributed by atoms with Gasteiger partial charge in [-0.3, -0.25) is 14.9 Å². The number of primary amides is 1. The Morgan fingerprint density at radius 3 is 2.88 bits per heavy atom. The summed E-state index contributed by atoms with van der Waals surface area (Å²) in [5, 5.41) is 2.64. The van der Waals surface area contributed by atoms with Gasteiger partial charge >= 0.3 is 0 Å². The zero-order chi connectivity index (χ0) is 17.8. The third-order valence-corrected chi connectivity index (χ3v) is 3.54. The molecule has 2 aromatic heterocycles. The molecule has 5 N–H and O–H groups in total. The maximum absolute atomic E-state index is 12.6. The van der Waals surface area contributed by atoms with Gasteiger partial charge in [0.2, 0.25) is 5.95 Å². The number of rotatable bonds is 7. The molecule has 130 valence electrons. The molecule has 3 rings (SSSR count). The summed E-state index contributed by atoms with van der Waals surface area (Å²) in [5.74, 6) is -0.339. The van der Waals surface area contributed by atoms with E-state index in [4.69, 9.17) is 10.5 Å². The molecule has 0 fully saturated rings. The lowest BCUT2D eigenvalue weighted by Gasteiger charge is -2.08. The highest BCUT2D eigenvalue weighted by Gasteiger charge is 2.18. The molecule has 0 saturated heterocycles. The lowest BCUT2D eigenvalue weighted by molar-refractivity contribution is 0.0989. The lowest BCUT2D eigenvalue weighted by atomic mass is 10.1. The van der Waals surface area contributed by atoms with Crippen LogP contribution in [-0.2, 0) is 0 Å². The number of nitrogens with one attached hydrogen (secondary N) is 3. The minimum atomic E-state index is -0.706. The predicted molar refractivity (Wildman–Crippen MR) is 91.6 cm³/mol. The van der Waals surface area contributed by atoms with Gasteiger partial charge < -0.3 is 20.4 Å². The number of aromatic nitrogens is 4. The minimum absolute atomic E-state index is 0.0206. The van der Waals surface area contributed by atoms with Crippen molar-refractivity contribution in [1.29, 1.82) is 0 Å². The Hall–Kier alpha value is -3.36. The second kappa shape index (κ2) is 7.04. The molecule has 0 bridgehead atoms. The summed E-state index contributed by atoms with van der Waals surface area (Å²) in [4.78, 5) is 37.6. The van der Waals surface area contributed by atoms with E-state index in [1.54, 1.807) is 18.3 Å². The second-order valence-electron chi connectivity index (χ2n) is 5.41. The first kappa shape index (κ1) is 16.5. The highest BCUT2D eigenvalue weighted by molar-refractivity contribution is 6.12. The van der Waals surface area contributed by atoms with Gasteiger partial charge in [0.05, 0.1) is 23.2 Å². The van der Waals surface area contributed by atoms with Crippen molar-refractivity contribution in [1.82, 2.24) is 19.9 Å². The van der Waals surface area contributed by atoms with E-state index in [1.165, 1.54) is 6.20 Å². The van der Waals surface area contributed by atoms with Crippen LogP contribution < -0.4 is 15.8 Å². The number of imidazole rings is 2. The molecule has 0 saturated carbocycles. The van der Waals surface area contributed by atoms with Crippen LogP contribution in [0.3, 0.4) is 0 Å². The van der Waals surface area contributed by atoms with Crippen LogP contribution in [0.5, 0.6) is 5.75 Å². The van der Waals surface area contributed by atoms with E-state index in [1.807, 2.05) is 0 Å². The van der Waals surface area contributed by atoms with Gasteiger partial charge in [-0.1, -0.05) is 13.3 Å². The standard InChI is InChI=1S/C16H18N6O3/c1-2-3-6-25-9-7-10(15(24)22-16-18-4-5-19-16)12-11(8-9)20-14(21-12)13(17)23/h4-5,7-8H,2-3,6H2,1H3,(H2,17,23)(H,20,21)(H2,18,19,22,24). The molecule has 2 amide bonds. The molecule has 25 heavy (non-hydrogen) atoms. The number of benzene rings is 1. The van der Waals surface area contributed by atoms with Gasteiger partial charge in [-0.2, -0.15) is 0 Å². The lowest BCUT2D eigenvalue weighted by Crippen LogP contribution is -2.14. The van der Waals surface area contributed by atoms with Crippen molar-refractivity contribution in [3.8, 4) is 5.75 Å². The number of hydrogen-bond donors (Lipinski definition) is 4. The quantitative estimate of drug-likeness (QED) is 0.485. The zero-order valence-electron chi connectivity index (χ0n) is 13.6. The summed E-state index contributed by atoms with van der Waals surface area (Å²) in [5.41, 5.74) is 6.38. The zero-order valence-corrected chi connectivity index (χ0v) is 13.6. The van der Waals surface area contributed by atoms with Crippen molar-refractivity contribution in [2.45, 2.75) is 19.8 Å². The Bertz CT molecular complexity index is 900. The molecule has 0 aliphatic heterocycles. The molecule has 0 atom stereocenters. The number of anilines is 1. The fourth-order valence-electron chi connectivity index (χ4n) is 2.31. The van der Waals surface area contributed by atoms with Crippen molar-refractivity contribution < 1.29 is 14.3 Å². The molecule has 9 nitrogen and oxygen atoms in total. The summed E-state index contributed by atoms with van der Waals surface area (Å²) < 4.78 is 5.68. The maximum Gasteiger partial charge on any atom is 0.284 e. The van der Waals surface area contributed by atoms with Gasteiger partial charge in [-0.05, 0) is 12.5 Å². The smallest absolute Gasteiger partial charge is 0.284 e. The predicted octanol–water partition coefficient (Wildman–Crippen LogP) is 1.82. The van der Waals surface area contributed by atoms with Gasteiger partial charge in [0, 0.05) is 18.5 Å². The van der Waals surface area contributed by atoms with Crippen molar-refractivity contribution in [3.05, 3.63) is 35.9 Å². The van der Waals surface area contributed by atoms with Gasteiger partial charge in [0.15, 0.2) is 5.82 Å². The van der Waals surface area contributed by atoms with Gasteiger partial charge in [-0.25, -0.2) is 9.97 Å². The number of carbonyl (C=O) groups excluding carboxylic acids is 2. The van der Waals surface area contributed by atoms with E-state index in [9.17, 15) is 9.59 Å². The molecule has 9 heteroatoms. The summed E-state index contributed by atoms with van der Waals surface area (Å²) >= 11 is 0. The van der Waals surface area contributed by atoms with E-state index >= 15 is 0 Å². The average molecular weight is 342 g/mol. The van der Waals surface area contributed by atoms with Gasteiger partial charge in [-0.15, -0.1) is 0 Å². The summed E-state index contributed by atoms with van der Waals surface area (Å²) in [6.07, 6.45) is 5.00. The molecule has 0 radical (unpaired) electrons. The Morgan fingerprint density at radius 1 is 1.36 bits per heavy atom. The Labute approximate surface area is 143 Å². The number of carbonyl (C=O) groups is 2. The van der Waals surface area contributed by atoms with Crippen LogP contribution >= 0.6 is 0 Å². The number of hydrogen-bond acceptors (Lipinski definition) is 5. The van der Waals surface area contributed by atoms with Gasteiger partial charge in [0.25, 0.3) is 11.8 Å². The first-order valence-corrected chi connectivity index (χ1v) is 7.85. The van der Waals surface area contributed by atoms with Crippen LogP contribution in [0.1, 0.15) is 40.7 Å². The first-order chi connectivity index (χ1) is 12.1. The number of fused-ring (bicyclic) bond motifs is 1. The molecule has 0 spiro atoms. The maximum atomic E-state index is 12.6. The molecule has 0 aliphatic rings. The number of H-pyrrole nitrogens is 2. The van der Waals surface area contributed by atoms with Crippen LogP contribution in [-0.4, -0.2) is 38.4 Å². The van der Waals surface area contributed by atoms with Crippen LogP contribution in [0.25, 0.3) is 11.0 Å². The monoisotopic (exact) mass is 342 g/mol. The summed E-state index contributed by atoms with van der Waals surface area (Å²) in [7, 11) is 0. The topological polar surface area (TPSA) is 139 Å². The van der Waals surface area contributed by atoms with Crippen LogP contribution in [0.2, 0.25) is 0 Å². The number of aromatic amines is 2. The Morgan fingerprint density at radius 2 is 2.20 bits per heavy atom. The number of unbranched alkanes of at least 4 members (excludes halogenated alkanes) is 1. The SMILES string of the molecule is CCCCOc1cc(C(=O)Nc2ncc[nH]2)c2[nH]c(C(N)=O)nc2c1. The minimum Gasteiger partial charge on any atom is -0.493 e. The summed E-state index contributed by atoms with van der Waals surface area (Å²) in [6, 6.07) is 3.26. The van der Waals surface area contributed by atoms with Crippen molar-refractivity contribution in [2.24, 2.45) is 5.73 Å². The largest absolute Gasteiger partial charge is 0.493 e. The third-order valence-electron chi connectivity index (χ3n) is 3.54. The Balaban J connectivity index is 1.99. The van der Waals surface area contributed by atoms with E-state index in [0.29, 0.717) is 29.3 Å². The number of nitrogens with zero attached hydrogens (tertiary/aromatic N) is 2. The molecule has 2 heterocycles. The van der Waals surface area contributed by atoms with E-state index in [0.717, 1.165) is 12.8 Å². The average Bonchev–Trinajstić information content (AvgIpc) is 3.23. The highest BCUT2D eigenvalue weighted by atomic mass is 16.5. The molecule has 1 aromatic carbocycles. The molecular formula is C16H18N6O3.